The quantitative estimate of drug-likeness (QED) is 0.825. The molecule has 1 aromatic rings. The van der Waals surface area contributed by atoms with E-state index in [4.69, 9.17) is 9.47 Å². The highest BCUT2D eigenvalue weighted by Crippen LogP contribution is 2.24. The third-order valence-electron chi connectivity index (χ3n) is 3.82. The van der Waals surface area contributed by atoms with Crippen LogP contribution in [0, 0.1) is 0 Å². The number of piperidine rings is 1. The van der Waals surface area contributed by atoms with Gasteiger partial charge in [-0.3, -0.25) is 0 Å². The van der Waals surface area contributed by atoms with E-state index < -0.39 is 10.2 Å². The molecule has 22 heavy (non-hydrogen) atoms. The molecule has 0 aromatic heterocycles. The highest BCUT2D eigenvalue weighted by atomic mass is 32.2. The van der Waals surface area contributed by atoms with Crippen molar-refractivity contribution in [2.75, 3.05) is 33.9 Å². The monoisotopic (exact) mass is 328 g/mol. The van der Waals surface area contributed by atoms with E-state index in [0.29, 0.717) is 26.1 Å². The molecule has 6 nitrogen and oxygen atoms in total. The van der Waals surface area contributed by atoms with Crippen LogP contribution in [0.2, 0.25) is 0 Å². The van der Waals surface area contributed by atoms with Gasteiger partial charge in [-0.1, -0.05) is 6.42 Å². The topological polar surface area (TPSA) is 67.9 Å². The van der Waals surface area contributed by atoms with Crippen LogP contribution in [0.5, 0.6) is 11.5 Å². The zero-order chi connectivity index (χ0) is 16.0. The molecule has 0 atom stereocenters. The molecule has 1 N–H and O–H groups in total. The Morgan fingerprint density at radius 1 is 1.14 bits per heavy atom. The Labute approximate surface area is 132 Å². The van der Waals surface area contributed by atoms with Crippen LogP contribution >= 0.6 is 0 Å². The first-order valence-electron chi connectivity index (χ1n) is 7.52. The van der Waals surface area contributed by atoms with Crippen LogP contribution in [-0.4, -0.2) is 46.6 Å². The van der Waals surface area contributed by atoms with Crippen LogP contribution in [-0.2, 0) is 16.6 Å². The standard InChI is InChI=1S/C15H24N2O4S/c1-20-14-6-7-15(21-2)13(12-14)8-9-16-22(18,19)17-10-4-3-5-11-17/h6-7,12,16H,3-5,8-11H2,1-2H3. The highest BCUT2D eigenvalue weighted by Gasteiger charge is 2.23. The number of methoxy groups -OCH3 is 2. The number of nitrogens with one attached hydrogen (secondary N) is 1. The summed E-state index contributed by atoms with van der Waals surface area (Å²) in [5.41, 5.74) is 0.920. The fraction of sp³-hybridized carbons (Fsp3) is 0.600. The van der Waals surface area contributed by atoms with Crippen LogP contribution in [0.3, 0.4) is 0 Å². The predicted octanol–water partition coefficient (Wildman–Crippen LogP) is 1.57. The summed E-state index contributed by atoms with van der Waals surface area (Å²) in [5.74, 6) is 1.47. The third kappa shape index (κ3) is 4.34. The van der Waals surface area contributed by atoms with Gasteiger partial charge in [0.2, 0.25) is 0 Å². The number of ether oxygens (including phenoxy) is 2. The van der Waals surface area contributed by atoms with Crippen molar-refractivity contribution in [3.8, 4) is 11.5 Å². The molecule has 0 aliphatic carbocycles. The molecule has 1 aromatic carbocycles. The minimum atomic E-state index is -3.38. The Bertz CT molecular complexity index is 583. The van der Waals surface area contributed by atoms with Gasteiger partial charge in [-0.25, -0.2) is 4.72 Å². The van der Waals surface area contributed by atoms with Gasteiger partial charge in [-0.05, 0) is 43.0 Å². The molecule has 1 aliphatic heterocycles. The second-order valence-electron chi connectivity index (χ2n) is 5.29. The third-order valence-corrected chi connectivity index (χ3v) is 5.44. The van der Waals surface area contributed by atoms with Gasteiger partial charge in [-0.2, -0.15) is 12.7 Å². The molecule has 0 saturated carbocycles. The summed E-state index contributed by atoms with van der Waals surface area (Å²) < 4.78 is 39.1. The zero-order valence-corrected chi connectivity index (χ0v) is 14.0. The van der Waals surface area contributed by atoms with Gasteiger partial charge in [-0.15, -0.1) is 0 Å². The Hall–Kier alpha value is -1.31. The summed E-state index contributed by atoms with van der Waals surface area (Å²) in [7, 11) is -0.175. The van der Waals surface area contributed by atoms with E-state index >= 15 is 0 Å². The minimum absolute atomic E-state index is 0.336. The lowest BCUT2D eigenvalue weighted by atomic mass is 10.1. The van der Waals surface area contributed by atoms with E-state index in [9.17, 15) is 8.42 Å². The zero-order valence-electron chi connectivity index (χ0n) is 13.2. The normalized spacial score (nSPS) is 16.5. The van der Waals surface area contributed by atoms with Gasteiger partial charge in [0.15, 0.2) is 0 Å². The fourth-order valence-electron chi connectivity index (χ4n) is 2.59. The molecular weight excluding hydrogens is 304 g/mol. The van der Waals surface area contributed by atoms with Crippen molar-refractivity contribution in [1.82, 2.24) is 9.03 Å². The molecule has 1 aliphatic rings. The summed E-state index contributed by atoms with van der Waals surface area (Å²) in [6.45, 7) is 1.55. The first-order chi connectivity index (χ1) is 10.6. The van der Waals surface area contributed by atoms with Crippen molar-refractivity contribution < 1.29 is 17.9 Å². The van der Waals surface area contributed by atoms with Crippen molar-refractivity contribution in [3.63, 3.8) is 0 Å². The van der Waals surface area contributed by atoms with E-state index in [-0.39, 0.29) is 0 Å². The lowest BCUT2D eigenvalue weighted by molar-refractivity contribution is 0.342. The molecule has 124 valence electrons. The second kappa shape index (κ2) is 7.80. The average Bonchev–Trinajstić information content (AvgIpc) is 2.55. The fourth-order valence-corrected chi connectivity index (χ4v) is 3.87. The molecule has 0 bridgehead atoms. The summed E-state index contributed by atoms with van der Waals surface area (Å²) in [6.07, 6.45) is 3.52. The molecule has 2 rings (SSSR count). The van der Waals surface area contributed by atoms with E-state index in [1.807, 2.05) is 18.2 Å². The van der Waals surface area contributed by atoms with E-state index in [1.54, 1.807) is 14.2 Å². The number of rotatable bonds is 7. The Balaban J connectivity index is 1.95. The largest absolute Gasteiger partial charge is 0.497 e. The SMILES string of the molecule is COc1ccc(OC)c(CCNS(=O)(=O)N2CCCCC2)c1. The van der Waals surface area contributed by atoms with Crippen molar-refractivity contribution in [2.24, 2.45) is 0 Å². The molecule has 0 radical (unpaired) electrons. The van der Waals surface area contributed by atoms with E-state index in [2.05, 4.69) is 4.72 Å². The van der Waals surface area contributed by atoms with Crippen LogP contribution in [0.1, 0.15) is 24.8 Å². The Morgan fingerprint density at radius 3 is 2.50 bits per heavy atom. The van der Waals surface area contributed by atoms with Crippen LogP contribution in [0.15, 0.2) is 18.2 Å². The summed E-state index contributed by atoms with van der Waals surface area (Å²) in [6, 6.07) is 5.52. The second-order valence-corrected chi connectivity index (χ2v) is 7.04. The number of nitrogens with zero attached hydrogens (tertiary/aromatic N) is 1. The van der Waals surface area contributed by atoms with E-state index in [0.717, 1.165) is 36.3 Å². The molecule has 0 unspecified atom stereocenters. The molecule has 1 heterocycles. The van der Waals surface area contributed by atoms with Crippen LogP contribution in [0.25, 0.3) is 0 Å². The Morgan fingerprint density at radius 2 is 1.86 bits per heavy atom. The van der Waals surface area contributed by atoms with Crippen molar-refractivity contribution in [2.45, 2.75) is 25.7 Å². The first-order valence-corrected chi connectivity index (χ1v) is 8.96. The highest BCUT2D eigenvalue weighted by molar-refractivity contribution is 7.87. The van der Waals surface area contributed by atoms with Gasteiger partial charge in [0, 0.05) is 19.6 Å². The van der Waals surface area contributed by atoms with Crippen LogP contribution in [0.4, 0.5) is 0 Å². The van der Waals surface area contributed by atoms with Gasteiger partial charge in [0.1, 0.15) is 11.5 Å². The minimum Gasteiger partial charge on any atom is -0.497 e. The van der Waals surface area contributed by atoms with Gasteiger partial charge in [0.05, 0.1) is 14.2 Å². The molecule has 0 spiro atoms. The van der Waals surface area contributed by atoms with Crippen molar-refractivity contribution in [3.05, 3.63) is 23.8 Å². The molecule has 7 heteroatoms. The van der Waals surface area contributed by atoms with Crippen LogP contribution < -0.4 is 14.2 Å². The summed E-state index contributed by atoms with van der Waals surface area (Å²) in [4.78, 5) is 0. The average molecular weight is 328 g/mol. The summed E-state index contributed by atoms with van der Waals surface area (Å²) >= 11 is 0. The molecular formula is C15H24N2O4S. The summed E-state index contributed by atoms with van der Waals surface area (Å²) in [5, 5.41) is 0. The van der Waals surface area contributed by atoms with Crippen molar-refractivity contribution in [1.29, 1.82) is 0 Å². The van der Waals surface area contributed by atoms with Crippen molar-refractivity contribution >= 4 is 10.2 Å². The number of hydrogen-bond acceptors (Lipinski definition) is 4. The maximum absolute atomic E-state index is 12.2. The Kier molecular flexibility index (Phi) is 6.05. The predicted molar refractivity (Wildman–Crippen MR) is 85.6 cm³/mol. The lowest BCUT2D eigenvalue weighted by Crippen LogP contribution is -2.44. The lowest BCUT2D eigenvalue weighted by Gasteiger charge is -2.26. The van der Waals surface area contributed by atoms with E-state index in [1.165, 1.54) is 4.31 Å². The molecule has 1 saturated heterocycles. The molecule has 0 amide bonds. The number of benzene rings is 1. The van der Waals surface area contributed by atoms with Gasteiger partial charge >= 0.3 is 0 Å². The first kappa shape index (κ1) is 17.1. The maximum atomic E-state index is 12.2. The molecule has 1 fully saturated rings. The smallest absolute Gasteiger partial charge is 0.279 e. The maximum Gasteiger partial charge on any atom is 0.279 e. The van der Waals surface area contributed by atoms with Gasteiger partial charge in [0.25, 0.3) is 10.2 Å². The number of hydrogen-bond donors (Lipinski definition) is 1. The van der Waals surface area contributed by atoms with Gasteiger partial charge < -0.3 is 9.47 Å².